The minimum Gasteiger partial charge on any atom is -0.490 e. The molecule has 2 aliphatic heterocycles. The Morgan fingerprint density at radius 2 is 1.61 bits per heavy atom. The quantitative estimate of drug-likeness (QED) is 0.802. The number of amides is 3. The highest BCUT2D eigenvalue weighted by Crippen LogP contribution is 2.31. The summed E-state index contributed by atoms with van der Waals surface area (Å²) in [5, 5.41) is 2.83. The number of fused-ring (bicyclic) bond motifs is 1. The molecule has 2 aromatic rings. The van der Waals surface area contributed by atoms with Gasteiger partial charge >= 0.3 is 0 Å². The molecule has 4 rings (SSSR count). The first-order valence-corrected chi connectivity index (χ1v) is 10.8. The predicted octanol–water partition coefficient (Wildman–Crippen LogP) is 3.46. The van der Waals surface area contributed by atoms with Crippen molar-refractivity contribution in [3.63, 3.8) is 0 Å². The zero-order valence-electron chi connectivity index (χ0n) is 17.5. The fourth-order valence-corrected chi connectivity index (χ4v) is 4.04. The van der Waals surface area contributed by atoms with Crippen molar-refractivity contribution >= 4 is 29.1 Å². The summed E-state index contributed by atoms with van der Waals surface area (Å²) in [6, 6.07) is 14.5. The molecule has 0 aromatic heterocycles. The molecule has 0 spiro atoms. The first-order valence-electron chi connectivity index (χ1n) is 10.8. The van der Waals surface area contributed by atoms with E-state index in [9.17, 15) is 14.4 Å². The van der Waals surface area contributed by atoms with Crippen molar-refractivity contribution in [2.24, 2.45) is 0 Å². The van der Waals surface area contributed by atoms with Crippen LogP contribution in [0.25, 0.3) is 0 Å². The molecule has 31 heavy (non-hydrogen) atoms. The van der Waals surface area contributed by atoms with Gasteiger partial charge in [0.2, 0.25) is 11.8 Å². The van der Waals surface area contributed by atoms with Gasteiger partial charge in [-0.05, 0) is 43.5 Å². The molecule has 7 heteroatoms. The molecule has 1 fully saturated rings. The number of carbonyl (C=O) groups is 3. The van der Waals surface area contributed by atoms with Gasteiger partial charge in [-0.15, -0.1) is 0 Å². The summed E-state index contributed by atoms with van der Waals surface area (Å²) in [7, 11) is 0. The summed E-state index contributed by atoms with van der Waals surface area (Å²) >= 11 is 0. The van der Waals surface area contributed by atoms with Gasteiger partial charge in [-0.3, -0.25) is 14.4 Å². The highest BCUT2D eigenvalue weighted by atomic mass is 16.5. The number of rotatable bonds is 5. The highest BCUT2D eigenvalue weighted by Gasteiger charge is 2.24. The van der Waals surface area contributed by atoms with Crippen molar-refractivity contribution in [2.45, 2.75) is 32.1 Å². The van der Waals surface area contributed by atoms with E-state index in [1.807, 2.05) is 29.2 Å². The van der Waals surface area contributed by atoms with E-state index in [4.69, 9.17) is 4.74 Å². The molecule has 0 aliphatic carbocycles. The van der Waals surface area contributed by atoms with E-state index in [1.54, 1.807) is 29.2 Å². The van der Waals surface area contributed by atoms with Crippen LogP contribution < -0.4 is 15.0 Å². The second-order valence-corrected chi connectivity index (χ2v) is 7.81. The normalized spacial score (nSPS) is 15.6. The van der Waals surface area contributed by atoms with Gasteiger partial charge in [0.15, 0.2) is 0 Å². The number of benzene rings is 2. The number of likely N-dealkylation sites (tertiary alicyclic amines) is 1. The van der Waals surface area contributed by atoms with Gasteiger partial charge in [0.1, 0.15) is 12.4 Å². The maximum atomic E-state index is 12.9. The lowest BCUT2D eigenvalue weighted by Gasteiger charge is -2.29. The predicted molar refractivity (Wildman–Crippen MR) is 118 cm³/mol. The number of hydrogen-bond acceptors (Lipinski definition) is 4. The van der Waals surface area contributed by atoms with Gasteiger partial charge in [0.25, 0.3) is 5.91 Å². The van der Waals surface area contributed by atoms with Crippen LogP contribution >= 0.6 is 0 Å². The molecule has 2 aromatic carbocycles. The minimum absolute atomic E-state index is 0.0462. The Morgan fingerprint density at radius 1 is 0.871 bits per heavy atom. The Bertz CT molecular complexity index is 969. The van der Waals surface area contributed by atoms with Crippen LogP contribution in [-0.2, 0) is 9.59 Å². The smallest absolute Gasteiger partial charge is 0.255 e. The third kappa shape index (κ3) is 4.87. The Kier molecular flexibility index (Phi) is 6.50. The van der Waals surface area contributed by atoms with Crippen molar-refractivity contribution < 1.29 is 19.1 Å². The molecule has 7 nitrogen and oxygen atoms in total. The molecule has 1 saturated heterocycles. The van der Waals surface area contributed by atoms with Gasteiger partial charge in [0, 0.05) is 25.9 Å². The van der Waals surface area contributed by atoms with Crippen LogP contribution in [0.3, 0.4) is 0 Å². The standard InChI is InChI=1S/C24H27N3O4/c28-22(12-13-23(29)27-16-17-31-21-11-5-4-10-20(21)27)25-19-9-3-2-8-18(19)24(30)26-14-6-1-7-15-26/h2-5,8-11H,1,6-7,12-17H2,(H,25,28). The zero-order chi connectivity index (χ0) is 21.6. The topological polar surface area (TPSA) is 79.0 Å². The van der Waals surface area contributed by atoms with E-state index in [2.05, 4.69) is 5.32 Å². The fourth-order valence-electron chi connectivity index (χ4n) is 4.04. The lowest BCUT2D eigenvalue weighted by molar-refractivity contribution is -0.122. The summed E-state index contributed by atoms with van der Waals surface area (Å²) in [6.07, 6.45) is 3.29. The maximum absolute atomic E-state index is 12.9. The monoisotopic (exact) mass is 421 g/mol. The molecule has 0 radical (unpaired) electrons. The van der Waals surface area contributed by atoms with E-state index in [0.29, 0.717) is 30.2 Å². The zero-order valence-corrected chi connectivity index (χ0v) is 17.5. The van der Waals surface area contributed by atoms with Crippen molar-refractivity contribution in [1.29, 1.82) is 0 Å². The number of nitrogens with one attached hydrogen (secondary N) is 1. The number of hydrogen-bond donors (Lipinski definition) is 1. The SMILES string of the molecule is O=C(CCC(=O)N1CCOc2ccccc21)Nc1ccccc1C(=O)N1CCCCC1. The van der Waals surface area contributed by atoms with Crippen LogP contribution in [0.4, 0.5) is 11.4 Å². The van der Waals surface area contributed by atoms with Crippen LogP contribution in [0.15, 0.2) is 48.5 Å². The lowest BCUT2D eigenvalue weighted by Crippen LogP contribution is -2.38. The molecule has 162 valence electrons. The third-order valence-electron chi connectivity index (χ3n) is 5.67. The van der Waals surface area contributed by atoms with E-state index in [-0.39, 0.29) is 30.6 Å². The summed E-state index contributed by atoms with van der Waals surface area (Å²) in [4.78, 5) is 41.7. The van der Waals surface area contributed by atoms with Gasteiger partial charge in [-0.25, -0.2) is 0 Å². The average molecular weight is 421 g/mol. The fraction of sp³-hybridized carbons (Fsp3) is 0.375. The number of ether oxygens (including phenoxy) is 1. The van der Waals surface area contributed by atoms with Crippen LogP contribution in [-0.4, -0.2) is 48.9 Å². The van der Waals surface area contributed by atoms with Gasteiger partial charge < -0.3 is 19.9 Å². The Labute approximate surface area is 182 Å². The molecule has 0 atom stereocenters. The maximum Gasteiger partial charge on any atom is 0.255 e. The molecule has 2 heterocycles. The van der Waals surface area contributed by atoms with Crippen molar-refractivity contribution in [1.82, 2.24) is 4.90 Å². The minimum atomic E-state index is -0.284. The van der Waals surface area contributed by atoms with E-state index < -0.39 is 0 Å². The van der Waals surface area contributed by atoms with E-state index in [1.165, 1.54) is 0 Å². The third-order valence-corrected chi connectivity index (χ3v) is 5.67. The van der Waals surface area contributed by atoms with Crippen molar-refractivity contribution in [3.05, 3.63) is 54.1 Å². The van der Waals surface area contributed by atoms with E-state index >= 15 is 0 Å². The molecule has 0 saturated carbocycles. The average Bonchev–Trinajstić information content (AvgIpc) is 2.82. The lowest BCUT2D eigenvalue weighted by atomic mass is 10.1. The largest absolute Gasteiger partial charge is 0.490 e. The van der Waals surface area contributed by atoms with Gasteiger partial charge in [-0.1, -0.05) is 24.3 Å². The van der Waals surface area contributed by atoms with Crippen LogP contribution in [0, 0.1) is 0 Å². The first-order chi connectivity index (χ1) is 15.1. The molecule has 0 unspecified atom stereocenters. The summed E-state index contributed by atoms with van der Waals surface area (Å²) in [5.41, 5.74) is 1.72. The van der Waals surface area contributed by atoms with Crippen molar-refractivity contribution in [3.8, 4) is 5.75 Å². The van der Waals surface area contributed by atoms with Crippen molar-refractivity contribution in [2.75, 3.05) is 36.5 Å². The summed E-state index contributed by atoms with van der Waals surface area (Å²) in [6.45, 7) is 2.39. The number of nitrogens with zero attached hydrogens (tertiary/aromatic N) is 2. The Morgan fingerprint density at radius 3 is 2.45 bits per heavy atom. The van der Waals surface area contributed by atoms with Gasteiger partial charge in [0.05, 0.1) is 23.5 Å². The van der Waals surface area contributed by atoms with Gasteiger partial charge in [-0.2, -0.15) is 0 Å². The van der Waals surface area contributed by atoms with Crippen LogP contribution in [0.5, 0.6) is 5.75 Å². The molecule has 0 bridgehead atoms. The summed E-state index contributed by atoms with van der Waals surface area (Å²) < 4.78 is 5.58. The Balaban J connectivity index is 1.37. The molecular formula is C24H27N3O4. The second kappa shape index (κ2) is 9.64. The number of anilines is 2. The van der Waals surface area contributed by atoms with E-state index in [0.717, 1.165) is 38.0 Å². The number of para-hydroxylation sites is 3. The second-order valence-electron chi connectivity index (χ2n) is 7.81. The first kappa shape index (κ1) is 20.9. The van der Waals surface area contributed by atoms with Crippen LogP contribution in [0.1, 0.15) is 42.5 Å². The molecule has 2 aliphatic rings. The number of piperidine rings is 1. The number of carbonyl (C=O) groups excluding carboxylic acids is 3. The molecular weight excluding hydrogens is 394 g/mol. The molecule has 3 amide bonds. The highest BCUT2D eigenvalue weighted by molar-refractivity contribution is 6.04. The van der Waals surface area contributed by atoms with Crippen LogP contribution in [0.2, 0.25) is 0 Å². The summed E-state index contributed by atoms with van der Waals surface area (Å²) in [5.74, 6) is 0.214. The Hall–Kier alpha value is -3.35. The molecule has 1 N–H and O–H groups in total.